The van der Waals surface area contributed by atoms with Crippen LogP contribution in [0, 0.1) is 20.8 Å². The van der Waals surface area contributed by atoms with Crippen molar-refractivity contribution >= 4 is 22.4 Å². The molecule has 0 amide bonds. The van der Waals surface area contributed by atoms with Crippen LogP contribution in [0.1, 0.15) is 36.1 Å². The summed E-state index contributed by atoms with van der Waals surface area (Å²) in [6.07, 6.45) is 2.02. The Bertz CT molecular complexity index is 952. The van der Waals surface area contributed by atoms with Gasteiger partial charge in [-0.1, -0.05) is 0 Å². The smallest absolute Gasteiger partial charge is 0.296 e. The first-order chi connectivity index (χ1) is 13.1. The first-order valence-electron chi connectivity index (χ1n) is 9.24. The second-order valence-electron chi connectivity index (χ2n) is 7.00. The molecule has 0 aliphatic carbocycles. The lowest BCUT2D eigenvalue weighted by Gasteiger charge is -2.33. The van der Waals surface area contributed by atoms with E-state index in [9.17, 15) is 17.2 Å². The Hall–Kier alpha value is -1.56. The van der Waals surface area contributed by atoms with Crippen LogP contribution < -0.4 is 0 Å². The van der Waals surface area contributed by atoms with E-state index in [-0.39, 0.29) is 28.7 Å². The molecule has 1 aliphatic rings. The van der Waals surface area contributed by atoms with Crippen molar-refractivity contribution in [2.45, 2.75) is 52.2 Å². The Labute approximate surface area is 175 Å². The summed E-state index contributed by atoms with van der Waals surface area (Å²) >= 11 is 0. The average molecular weight is 453 g/mol. The molecule has 0 spiro atoms. The molecule has 0 N–H and O–H groups in total. The molecule has 2 aromatic heterocycles. The molecule has 0 saturated carbocycles. The van der Waals surface area contributed by atoms with Gasteiger partial charge >= 0.3 is 6.55 Å². The number of alkyl halides is 2. The topological polar surface area (TPSA) is 76.3 Å². The van der Waals surface area contributed by atoms with E-state index < -0.39 is 16.6 Å². The number of hydrogen-bond donors (Lipinski definition) is 0. The van der Waals surface area contributed by atoms with Crippen LogP contribution in [0.25, 0.3) is 0 Å². The van der Waals surface area contributed by atoms with Gasteiger partial charge in [-0.3, -0.25) is 9.58 Å². The monoisotopic (exact) mass is 452 g/mol. The number of aryl methyl sites for hydroxylation is 3. The van der Waals surface area contributed by atoms with Crippen molar-refractivity contribution in [2.75, 3.05) is 26.2 Å². The molecule has 0 atom stereocenters. The molecule has 0 aromatic carbocycles. The van der Waals surface area contributed by atoms with Crippen LogP contribution in [0.4, 0.5) is 8.78 Å². The highest BCUT2D eigenvalue weighted by Gasteiger charge is 2.34. The highest BCUT2D eigenvalue weighted by Crippen LogP contribution is 2.27. The maximum Gasteiger partial charge on any atom is 0.333 e. The van der Waals surface area contributed by atoms with Crippen LogP contribution >= 0.6 is 12.4 Å². The first-order valence-corrected chi connectivity index (χ1v) is 10.7. The number of piperazine rings is 1. The van der Waals surface area contributed by atoms with Gasteiger partial charge in [0.2, 0.25) is 10.0 Å². The number of nitrogens with zero attached hydrogens (tertiary/aromatic N) is 6. The molecule has 2 aromatic rings. The summed E-state index contributed by atoms with van der Waals surface area (Å²) in [6.45, 7) is 7.20. The van der Waals surface area contributed by atoms with Gasteiger partial charge in [0, 0.05) is 51.0 Å². The molecule has 0 bridgehead atoms. The van der Waals surface area contributed by atoms with E-state index in [1.807, 2.05) is 24.7 Å². The first kappa shape index (κ1) is 23.7. The predicted molar refractivity (Wildman–Crippen MR) is 107 cm³/mol. The Morgan fingerprint density at radius 2 is 1.69 bits per heavy atom. The molecule has 3 heterocycles. The van der Waals surface area contributed by atoms with Crippen molar-refractivity contribution in [3.63, 3.8) is 0 Å². The Kier molecular flexibility index (Phi) is 7.42. The molecule has 0 unspecified atom stereocenters. The minimum absolute atomic E-state index is 0. The minimum atomic E-state index is -3.87. The number of hydrogen-bond acceptors (Lipinski definition) is 5. The predicted octanol–water partition coefficient (Wildman–Crippen LogP) is 2.35. The minimum Gasteiger partial charge on any atom is -0.296 e. The van der Waals surface area contributed by atoms with Gasteiger partial charge in [0.1, 0.15) is 4.90 Å². The van der Waals surface area contributed by atoms with Gasteiger partial charge in [0.25, 0.3) is 0 Å². The van der Waals surface area contributed by atoms with Crippen LogP contribution in [0.15, 0.2) is 11.1 Å². The second kappa shape index (κ2) is 9.07. The highest BCUT2D eigenvalue weighted by atomic mass is 35.5. The van der Waals surface area contributed by atoms with Crippen molar-refractivity contribution < 1.29 is 17.2 Å². The lowest BCUT2D eigenvalue weighted by molar-refractivity contribution is 0.0538. The zero-order valence-electron chi connectivity index (χ0n) is 17.0. The van der Waals surface area contributed by atoms with E-state index in [2.05, 4.69) is 15.1 Å². The normalized spacial score (nSPS) is 16.4. The van der Waals surface area contributed by atoms with Crippen molar-refractivity contribution in [2.24, 2.45) is 0 Å². The summed E-state index contributed by atoms with van der Waals surface area (Å²) in [5.74, 6) is 0. The Morgan fingerprint density at radius 1 is 1.07 bits per heavy atom. The quantitative estimate of drug-likeness (QED) is 0.672. The van der Waals surface area contributed by atoms with Crippen LogP contribution in [-0.4, -0.2) is 63.4 Å². The van der Waals surface area contributed by atoms with Crippen LogP contribution in [-0.2, 0) is 23.1 Å². The summed E-state index contributed by atoms with van der Waals surface area (Å²) in [5.41, 5.74) is 2.17. The van der Waals surface area contributed by atoms with Gasteiger partial charge in [-0.25, -0.2) is 13.1 Å². The third-order valence-corrected chi connectivity index (χ3v) is 7.29. The Morgan fingerprint density at radius 3 is 2.17 bits per heavy atom. The van der Waals surface area contributed by atoms with Gasteiger partial charge in [-0.2, -0.15) is 23.3 Å². The summed E-state index contributed by atoms with van der Waals surface area (Å²) in [5, 5.41) is 8.14. The summed E-state index contributed by atoms with van der Waals surface area (Å²) < 4.78 is 55.9. The molecule has 1 aliphatic heterocycles. The van der Waals surface area contributed by atoms with E-state index in [0.717, 1.165) is 17.8 Å². The molecule has 29 heavy (non-hydrogen) atoms. The third kappa shape index (κ3) is 4.62. The molecule has 1 fully saturated rings. The largest absolute Gasteiger partial charge is 0.333 e. The molecule has 0 radical (unpaired) electrons. The molecular weight excluding hydrogens is 426 g/mol. The number of sulfonamides is 1. The number of rotatable bonds is 6. The summed E-state index contributed by atoms with van der Waals surface area (Å²) in [6, 6.07) is 0. The zero-order valence-corrected chi connectivity index (χ0v) is 18.6. The molecule has 12 heteroatoms. The van der Waals surface area contributed by atoms with Crippen LogP contribution in [0.3, 0.4) is 0 Å². The van der Waals surface area contributed by atoms with Crippen molar-refractivity contribution in [3.8, 4) is 0 Å². The molecule has 1 saturated heterocycles. The van der Waals surface area contributed by atoms with Crippen molar-refractivity contribution in [3.05, 3.63) is 28.8 Å². The second-order valence-corrected chi connectivity index (χ2v) is 8.87. The maximum atomic E-state index is 13.0. The van der Waals surface area contributed by atoms with Gasteiger partial charge in [-0.15, -0.1) is 12.4 Å². The fourth-order valence-electron chi connectivity index (χ4n) is 3.59. The van der Waals surface area contributed by atoms with E-state index in [1.165, 1.54) is 18.2 Å². The van der Waals surface area contributed by atoms with E-state index >= 15 is 0 Å². The van der Waals surface area contributed by atoms with Crippen LogP contribution in [0.5, 0.6) is 0 Å². The summed E-state index contributed by atoms with van der Waals surface area (Å²) in [7, 11) is -3.87. The lowest BCUT2D eigenvalue weighted by atomic mass is 10.2. The SMILES string of the molecule is CCn1cc(CN2CCN(S(=O)(=O)c3c(C)nn(C(F)F)c3C)CC2)c(C)n1.Cl. The molecular formula is C17H27ClF2N6O2S. The van der Waals surface area contributed by atoms with Gasteiger partial charge in [-0.05, 0) is 27.7 Å². The molecule has 3 rings (SSSR count). The third-order valence-electron chi connectivity index (χ3n) is 5.14. The van der Waals surface area contributed by atoms with Crippen molar-refractivity contribution in [1.82, 2.24) is 28.8 Å². The fraction of sp³-hybridized carbons (Fsp3) is 0.647. The van der Waals surface area contributed by atoms with Crippen molar-refractivity contribution in [1.29, 1.82) is 0 Å². The number of aromatic nitrogens is 4. The van der Waals surface area contributed by atoms with Gasteiger partial charge in [0.05, 0.1) is 17.1 Å². The maximum absolute atomic E-state index is 13.0. The molecule has 8 nitrogen and oxygen atoms in total. The van der Waals surface area contributed by atoms with Gasteiger partial charge < -0.3 is 0 Å². The van der Waals surface area contributed by atoms with Gasteiger partial charge in [0.15, 0.2) is 0 Å². The zero-order chi connectivity index (χ0) is 20.6. The fourth-order valence-corrected chi connectivity index (χ4v) is 5.37. The molecule has 164 valence electrons. The van der Waals surface area contributed by atoms with E-state index in [0.29, 0.717) is 37.4 Å². The van der Waals surface area contributed by atoms with Crippen LogP contribution in [0.2, 0.25) is 0 Å². The number of halogens is 3. The average Bonchev–Trinajstić information content (AvgIpc) is 3.14. The highest BCUT2D eigenvalue weighted by molar-refractivity contribution is 7.89. The summed E-state index contributed by atoms with van der Waals surface area (Å²) in [4.78, 5) is 2.07. The Balaban J connectivity index is 0.00000300. The van der Waals surface area contributed by atoms with E-state index in [4.69, 9.17) is 0 Å². The van der Waals surface area contributed by atoms with E-state index in [1.54, 1.807) is 0 Å². The standard InChI is InChI=1S/C17H26F2N6O2S.ClH/c1-5-23-11-15(12(2)20-23)10-22-6-8-24(9-7-22)28(26,27)16-13(3)21-25(14(16)4)17(18)19;/h11,17H,5-10H2,1-4H3;1H. The lowest BCUT2D eigenvalue weighted by Crippen LogP contribution is -2.48.